The third-order valence-corrected chi connectivity index (χ3v) is 2.26. The molecule has 0 amide bonds. The lowest BCUT2D eigenvalue weighted by atomic mass is 10.3. The Bertz CT molecular complexity index is 517. The number of amidine groups is 1. The van der Waals surface area contributed by atoms with Crippen LogP contribution in [0.1, 0.15) is 0 Å². The second kappa shape index (κ2) is 3.27. The van der Waals surface area contributed by atoms with Gasteiger partial charge < -0.3 is 15.0 Å². The summed E-state index contributed by atoms with van der Waals surface area (Å²) in [5, 5.41) is 3.10. The molecule has 2 aromatic rings. The fourth-order valence-corrected chi connectivity index (χ4v) is 1.55. The van der Waals surface area contributed by atoms with Gasteiger partial charge in [-0.15, -0.1) is 0 Å². The van der Waals surface area contributed by atoms with Gasteiger partial charge in [-0.25, -0.2) is 9.98 Å². The summed E-state index contributed by atoms with van der Waals surface area (Å²) in [5.74, 6) is 0. The number of nitrogens with zero attached hydrogens (tertiary/aromatic N) is 2. The SMILES string of the molecule is c1nc2ccc(NC3=NCCO3)cc2[nH]1. The minimum absolute atomic E-state index is 0.592. The Morgan fingerprint density at radius 2 is 2.40 bits per heavy atom. The van der Waals surface area contributed by atoms with Crippen LogP contribution in [0, 0.1) is 0 Å². The first kappa shape index (κ1) is 8.28. The van der Waals surface area contributed by atoms with Crippen molar-refractivity contribution in [3.63, 3.8) is 0 Å². The first-order valence-electron chi connectivity index (χ1n) is 4.79. The number of aliphatic imine (C=N–C) groups is 1. The monoisotopic (exact) mass is 202 g/mol. The smallest absolute Gasteiger partial charge is 0.289 e. The maximum atomic E-state index is 5.26. The van der Waals surface area contributed by atoms with Crippen molar-refractivity contribution in [3.8, 4) is 0 Å². The van der Waals surface area contributed by atoms with E-state index < -0.39 is 0 Å². The quantitative estimate of drug-likeness (QED) is 0.734. The van der Waals surface area contributed by atoms with E-state index >= 15 is 0 Å². The van der Waals surface area contributed by atoms with Crippen LogP contribution in [-0.2, 0) is 4.74 Å². The van der Waals surface area contributed by atoms with Crippen molar-refractivity contribution < 1.29 is 4.74 Å². The molecule has 1 aromatic carbocycles. The van der Waals surface area contributed by atoms with E-state index in [1.165, 1.54) is 0 Å². The molecule has 5 heteroatoms. The molecule has 2 heterocycles. The average molecular weight is 202 g/mol. The second-order valence-corrected chi connectivity index (χ2v) is 3.29. The molecule has 1 aliphatic rings. The minimum atomic E-state index is 0.592. The minimum Gasteiger partial charge on any atom is -0.463 e. The van der Waals surface area contributed by atoms with E-state index in [0.29, 0.717) is 12.6 Å². The van der Waals surface area contributed by atoms with Gasteiger partial charge in [0, 0.05) is 5.69 Å². The van der Waals surface area contributed by atoms with Crippen LogP contribution in [0.4, 0.5) is 5.69 Å². The Morgan fingerprint density at radius 3 is 3.27 bits per heavy atom. The molecule has 0 unspecified atom stereocenters. The number of imidazole rings is 1. The number of rotatable bonds is 1. The zero-order valence-electron chi connectivity index (χ0n) is 8.03. The highest BCUT2D eigenvalue weighted by atomic mass is 16.5. The van der Waals surface area contributed by atoms with E-state index in [0.717, 1.165) is 23.3 Å². The number of benzene rings is 1. The van der Waals surface area contributed by atoms with Gasteiger partial charge in [0.15, 0.2) is 0 Å². The largest absolute Gasteiger partial charge is 0.463 e. The summed E-state index contributed by atoms with van der Waals surface area (Å²) in [6.45, 7) is 1.39. The van der Waals surface area contributed by atoms with E-state index in [2.05, 4.69) is 20.3 Å². The van der Waals surface area contributed by atoms with Crippen molar-refractivity contribution in [2.45, 2.75) is 0 Å². The van der Waals surface area contributed by atoms with Crippen molar-refractivity contribution >= 4 is 22.7 Å². The van der Waals surface area contributed by atoms with E-state index in [-0.39, 0.29) is 0 Å². The molecule has 2 N–H and O–H groups in total. The second-order valence-electron chi connectivity index (χ2n) is 3.29. The Labute approximate surface area is 86.2 Å². The number of hydrogen-bond donors (Lipinski definition) is 2. The standard InChI is InChI=1S/C10H10N4O/c1-2-8-9(13-6-12-8)5-7(1)14-10-11-3-4-15-10/h1-2,5-6H,3-4H2,(H,11,14)(H,12,13). The highest BCUT2D eigenvalue weighted by Gasteiger charge is 2.07. The predicted molar refractivity (Wildman–Crippen MR) is 58.0 cm³/mol. The molecular weight excluding hydrogens is 192 g/mol. The zero-order chi connectivity index (χ0) is 10.1. The zero-order valence-corrected chi connectivity index (χ0v) is 8.03. The molecule has 5 nitrogen and oxygen atoms in total. The number of fused-ring (bicyclic) bond motifs is 1. The normalized spacial score (nSPS) is 15.1. The van der Waals surface area contributed by atoms with Crippen molar-refractivity contribution in [2.75, 3.05) is 18.5 Å². The molecule has 3 rings (SSSR count). The van der Waals surface area contributed by atoms with Crippen LogP contribution in [0.2, 0.25) is 0 Å². The van der Waals surface area contributed by atoms with E-state index in [4.69, 9.17) is 4.74 Å². The van der Waals surface area contributed by atoms with Gasteiger partial charge in [0.05, 0.1) is 23.9 Å². The molecular formula is C10H10N4O. The van der Waals surface area contributed by atoms with Crippen LogP contribution in [0.15, 0.2) is 29.5 Å². The van der Waals surface area contributed by atoms with Gasteiger partial charge >= 0.3 is 0 Å². The summed E-state index contributed by atoms with van der Waals surface area (Å²) in [7, 11) is 0. The fraction of sp³-hybridized carbons (Fsp3) is 0.200. The van der Waals surface area contributed by atoms with Crippen LogP contribution >= 0.6 is 0 Å². The molecule has 0 fully saturated rings. The number of anilines is 1. The molecule has 0 radical (unpaired) electrons. The lowest BCUT2D eigenvalue weighted by Crippen LogP contribution is -2.11. The number of aromatic nitrogens is 2. The van der Waals surface area contributed by atoms with Crippen LogP contribution in [-0.4, -0.2) is 29.1 Å². The molecule has 0 saturated heterocycles. The first-order chi connectivity index (χ1) is 7.42. The molecule has 15 heavy (non-hydrogen) atoms. The highest BCUT2D eigenvalue weighted by Crippen LogP contribution is 2.16. The number of H-pyrrole nitrogens is 1. The van der Waals surface area contributed by atoms with Crippen molar-refractivity contribution in [1.29, 1.82) is 0 Å². The summed E-state index contributed by atoms with van der Waals surface area (Å²) in [6, 6.07) is 6.47. The summed E-state index contributed by atoms with van der Waals surface area (Å²) >= 11 is 0. The van der Waals surface area contributed by atoms with Crippen LogP contribution in [0.5, 0.6) is 0 Å². The molecule has 0 spiro atoms. The van der Waals surface area contributed by atoms with Gasteiger partial charge in [-0.05, 0) is 18.2 Å². The van der Waals surface area contributed by atoms with Crippen LogP contribution < -0.4 is 5.32 Å². The molecule has 0 bridgehead atoms. The predicted octanol–water partition coefficient (Wildman–Crippen LogP) is 1.36. The van der Waals surface area contributed by atoms with Gasteiger partial charge in [-0.2, -0.15) is 0 Å². The number of ether oxygens (including phenoxy) is 1. The topological polar surface area (TPSA) is 62.3 Å². The maximum absolute atomic E-state index is 5.26. The van der Waals surface area contributed by atoms with E-state index in [1.54, 1.807) is 6.33 Å². The molecule has 1 aliphatic heterocycles. The third-order valence-electron chi connectivity index (χ3n) is 2.26. The van der Waals surface area contributed by atoms with Gasteiger partial charge in [-0.3, -0.25) is 0 Å². The number of nitrogens with one attached hydrogen (secondary N) is 2. The summed E-state index contributed by atoms with van der Waals surface area (Å²) in [5.41, 5.74) is 2.90. The molecule has 0 aliphatic carbocycles. The first-order valence-corrected chi connectivity index (χ1v) is 4.79. The number of hydrogen-bond acceptors (Lipinski definition) is 4. The summed E-state index contributed by atoms with van der Waals surface area (Å²) < 4.78 is 5.26. The Hall–Kier alpha value is -2.04. The summed E-state index contributed by atoms with van der Waals surface area (Å²) in [4.78, 5) is 11.4. The third kappa shape index (κ3) is 1.52. The Morgan fingerprint density at radius 1 is 1.40 bits per heavy atom. The number of aromatic amines is 1. The fourth-order valence-electron chi connectivity index (χ4n) is 1.55. The highest BCUT2D eigenvalue weighted by molar-refractivity contribution is 5.92. The molecule has 1 aromatic heterocycles. The van der Waals surface area contributed by atoms with Gasteiger partial charge in [0.2, 0.25) is 0 Å². The van der Waals surface area contributed by atoms with Crippen molar-refractivity contribution in [2.24, 2.45) is 4.99 Å². The van der Waals surface area contributed by atoms with Crippen molar-refractivity contribution in [1.82, 2.24) is 9.97 Å². The van der Waals surface area contributed by atoms with Crippen LogP contribution in [0.25, 0.3) is 11.0 Å². The average Bonchev–Trinajstić information content (AvgIpc) is 2.87. The molecule has 0 atom stereocenters. The van der Waals surface area contributed by atoms with Gasteiger partial charge in [0.25, 0.3) is 6.02 Å². The Balaban J connectivity index is 1.90. The van der Waals surface area contributed by atoms with E-state index in [1.807, 2.05) is 18.2 Å². The van der Waals surface area contributed by atoms with Gasteiger partial charge in [0.1, 0.15) is 6.61 Å². The van der Waals surface area contributed by atoms with Crippen LogP contribution in [0.3, 0.4) is 0 Å². The maximum Gasteiger partial charge on any atom is 0.289 e. The molecule has 0 saturated carbocycles. The van der Waals surface area contributed by atoms with Crippen molar-refractivity contribution in [3.05, 3.63) is 24.5 Å². The lowest BCUT2D eigenvalue weighted by Gasteiger charge is -2.04. The summed E-state index contributed by atoms with van der Waals surface area (Å²) in [6.07, 6.45) is 1.68. The lowest BCUT2D eigenvalue weighted by molar-refractivity contribution is 0.346. The molecule has 76 valence electrons. The van der Waals surface area contributed by atoms with Gasteiger partial charge in [-0.1, -0.05) is 0 Å². The Kier molecular flexibility index (Phi) is 1.81. The van der Waals surface area contributed by atoms with E-state index in [9.17, 15) is 0 Å².